The zero-order valence-electron chi connectivity index (χ0n) is 13.4. The molecule has 128 valence electrons. The molecule has 1 amide bonds. The molecule has 1 aliphatic rings. The van der Waals surface area contributed by atoms with E-state index in [1.165, 1.54) is 17.9 Å². The van der Waals surface area contributed by atoms with Crippen molar-refractivity contribution in [2.24, 2.45) is 0 Å². The van der Waals surface area contributed by atoms with Gasteiger partial charge in [-0.2, -0.15) is 13.2 Å². The summed E-state index contributed by atoms with van der Waals surface area (Å²) in [6.45, 7) is 4.03. The van der Waals surface area contributed by atoms with Crippen molar-refractivity contribution >= 4 is 17.2 Å². The van der Waals surface area contributed by atoms with Crippen molar-refractivity contribution in [2.75, 3.05) is 6.54 Å². The number of nitrogens with zero attached hydrogens (tertiary/aromatic N) is 2. The average Bonchev–Trinajstić information content (AvgIpc) is 3.00. The highest BCUT2D eigenvalue weighted by atomic mass is 32.1. The van der Waals surface area contributed by atoms with Gasteiger partial charge in [-0.3, -0.25) is 4.79 Å². The van der Waals surface area contributed by atoms with Gasteiger partial charge in [0.25, 0.3) is 5.91 Å². The number of aryl methyl sites for hydroxylation is 1. The number of amides is 1. The molecule has 0 saturated carbocycles. The molecule has 2 aromatic rings. The number of pyridine rings is 1. The second-order valence-electron chi connectivity index (χ2n) is 5.80. The lowest BCUT2D eigenvalue weighted by molar-refractivity contribution is -0.141. The molecule has 0 aromatic carbocycles. The first kappa shape index (κ1) is 17.0. The first-order chi connectivity index (χ1) is 11.3. The lowest BCUT2D eigenvalue weighted by Crippen LogP contribution is -2.39. The van der Waals surface area contributed by atoms with E-state index >= 15 is 0 Å². The number of carbonyl (C=O) groups is 1. The number of alkyl halides is 3. The van der Waals surface area contributed by atoms with Gasteiger partial charge in [-0.15, -0.1) is 11.3 Å². The summed E-state index contributed by atoms with van der Waals surface area (Å²) in [5.74, 6) is -0.252. The van der Waals surface area contributed by atoms with Gasteiger partial charge in [-0.1, -0.05) is 6.92 Å². The van der Waals surface area contributed by atoms with Gasteiger partial charge in [-0.25, -0.2) is 4.98 Å². The van der Waals surface area contributed by atoms with Crippen molar-refractivity contribution < 1.29 is 18.0 Å². The van der Waals surface area contributed by atoms with Crippen LogP contribution in [-0.4, -0.2) is 22.3 Å². The molecule has 1 atom stereocenters. The molecular formula is C17H17F3N2OS. The molecule has 0 aliphatic carbocycles. The van der Waals surface area contributed by atoms with E-state index < -0.39 is 11.9 Å². The van der Waals surface area contributed by atoms with E-state index in [0.29, 0.717) is 6.54 Å². The van der Waals surface area contributed by atoms with Crippen LogP contribution in [0.1, 0.15) is 51.6 Å². The maximum absolute atomic E-state index is 12.9. The number of halogens is 3. The van der Waals surface area contributed by atoms with Crippen LogP contribution < -0.4 is 0 Å². The van der Waals surface area contributed by atoms with Crippen LogP contribution in [0.4, 0.5) is 13.2 Å². The Morgan fingerprint density at radius 3 is 2.75 bits per heavy atom. The molecule has 0 saturated heterocycles. The predicted molar refractivity (Wildman–Crippen MR) is 86.1 cm³/mol. The number of aromatic nitrogens is 1. The molecule has 0 N–H and O–H groups in total. The Balaban J connectivity index is 1.92. The predicted octanol–water partition coefficient (Wildman–Crippen LogP) is 4.62. The summed E-state index contributed by atoms with van der Waals surface area (Å²) in [6.07, 6.45) is -2.96. The molecule has 3 nitrogen and oxygen atoms in total. The second kappa shape index (κ2) is 6.20. The van der Waals surface area contributed by atoms with Crippen LogP contribution >= 0.6 is 11.3 Å². The molecule has 7 heteroatoms. The minimum absolute atomic E-state index is 0.0332. The molecule has 0 radical (unpaired) electrons. The number of fused-ring (bicyclic) bond motifs is 1. The van der Waals surface area contributed by atoms with E-state index in [4.69, 9.17) is 0 Å². The zero-order valence-corrected chi connectivity index (χ0v) is 14.2. The molecule has 0 fully saturated rings. The highest BCUT2D eigenvalue weighted by Gasteiger charge is 2.35. The molecule has 0 bridgehead atoms. The fourth-order valence-corrected chi connectivity index (χ4v) is 4.11. The first-order valence-electron chi connectivity index (χ1n) is 7.75. The number of carbonyl (C=O) groups excluding carboxylic acids is 1. The van der Waals surface area contributed by atoms with E-state index in [-0.39, 0.29) is 23.2 Å². The Morgan fingerprint density at radius 2 is 2.12 bits per heavy atom. The maximum atomic E-state index is 12.9. The Hall–Kier alpha value is -1.89. The van der Waals surface area contributed by atoms with Crippen molar-refractivity contribution in [3.05, 3.63) is 51.0 Å². The van der Waals surface area contributed by atoms with Crippen molar-refractivity contribution in [2.45, 2.75) is 38.9 Å². The van der Waals surface area contributed by atoms with Gasteiger partial charge in [-0.05, 0) is 48.9 Å². The third-order valence-corrected chi connectivity index (χ3v) is 5.35. The Kier molecular flexibility index (Phi) is 4.38. The van der Waals surface area contributed by atoms with Crippen LogP contribution in [0, 0.1) is 6.92 Å². The zero-order chi connectivity index (χ0) is 17.5. The molecule has 0 spiro atoms. The quantitative estimate of drug-likeness (QED) is 0.788. The summed E-state index contributed by atoms with van der Waals surface area (Å²) in [5.41, 5.74) is 0.530. The van der Waals surface area contributed by atoms with Gasteiger partial charge >= 0.3 is 6.18 Å². The fourth-order valence-electron chi connectivity index (χ4n) is 3.18. The molecule has 2 aromatic heterocycles. The third kappa shape index (κ3) is 2.92. The largest absolute Gasteiger partial charge is 0.433 e. The average molecular weight is 354 g/mol. The Bertz CT molecular complexity index is 769. The molecule has 1 aliphatic heterocycles. The van der Waals surface area contributed by atoms with Gasteiger partial charge in [0, 0.05) is 11.4 Å². The van der Waals surface area contributed by atoms with Crippen LogP contribution in [0.5, 0.6) is 0 Å². The molecular weight excluding hydrogens is 337 g/mol. The van der Waals surface area contributed by atoms with Gasteiger partial charge in [0.2, 0.25) is 0 Å². The summed E-state index contributed by atoms with van der Waals surface area (Å²) in [6, 6.07) is 4.12. The Labute approximate surface area is 142 Å². The van der Waals surface area contributed by atoms with Crippen LogP contribution in [0.25, 0.3) is 0 Å². The summed E-state index contributed by atoms with van der Waals surface area (Å²) in [4.78, 5) is 19.5. The number of hydrogen-bond donors (Lipinski definition) is 0. The number of thiophene rings is 1. The van der Waals surface area contributed by atoms with E-state index in [1.807, 2.05) is 18.4 Å². The summed E-state index contributed by atoms with van der Waals surface area (Å²) in [5, 5.41) is 2.02. The van der Waals surface area contributed by atoms with Crippen molar-refractivity contribution in [3.8, 4) is 0 Å². The number of hydrogen-bond acceptors (Lipinski definition) is 3. The van der Waals surface area contributed by atoms with Crippen molar-refractivity contribution in [3.63, 3.8) is 0 Å². The van der Waals surface area contributed by atoms with E-state index in [2.05, 4.69) is 4.98 Å². The highest BCUT2D eigenvalue weighted by Crippen LogP contribution is 2.36. The lowest BCUT2D eigenvalue weighted by Gasteiger charge is -2.35. The molecule has 24 heavy (non-hydrogen) atoms. The summed E-state index contributed by atoms with van der Waals surface area (Å²) in [7, 11) is 0. The topological polar surface area (TPSA) is 33.2 Å². The van der Waals surface area contributed by atoms with Gasteiger partial charge in [0.1, 0.15) is 5.69 Å². The van der Waals surface area contributed by atoms with E-state index in [0.717, 1.165) is 24.5 Å². The van der Waals surface area contributed by atoms with Crippen LogP contribution in [-0.2, 0) is 12.6 Å². The Morgan fingerprint density at radius 1 is 1.38 bits per heavy atom. The molecule has 1 unspecified atom stereocenters. The van der Waals surface area contributed by atoms with Gasteiger partial charge < -0.3 is 4.90 Å². The van der Waals surface area contributed by atoms with Crippen molar-refractivity contribution in [1.82, 2.24) is 9.88 Å². The first-order valence-corrected chi connectivity index (χ1v) is 8.63. The number of rotatable bonds is 2. The normalized spacial score (nSPS) is 17.7. The highest BCUT2D eigenvalue weighted by molar-refractivity contribution is 7.10. The molecule has 3 rings (SSSR count). The minimum atomic E-state index is -4.50. The van der Waals surface area contributed by atoms with E-state index in [1.54, 1.807) is 16.2 Å². The fraction of sp³-hybridized carbons (Fsp3) is 0.412. The maximum Gasteiger partial charge on any atom is 0.433 e. The van der Waals surface area contributed by atoms with Crippen molar-refractivity contribution in [1.29, 1.82) is 0 Å². The summed E-state index contributed by atoms with van der Waals surface area (Å²) < 4.78 is 38.2. The van der Waals surface area contributed by atoms with Crippen LogP contribution in [0.2, 0.25) is 0 Å². The van der Waals surface area contributed by atoms with Gasteiger partial charge in [0.05, 0.1) is 17.3 Å². The molecule has 3 heterocycles. The van der Waals surface area contributed by atoms with E-state index in [9.17, 15) is 18.0 Å². The van der Waals surface area contributed by atoms with Gasteiger partial charge in [0.15, 0.2) is 0 Å². The van der Waals surface area contributed by atoms with Crippen LogP contribution in [0.3, 0.4) is 0 Å². The lowest BCUT2D eigenvalue weighted by atomic mass is 9.96. The second-order valence-corrected chi connectivity index (χ2v) is 6.80. The minimum Gasteiger partial charge on any atom is -0.331 e. The smallest absolute Gasteiger partial charge is 0.331 e. The SMILES string of the molecule is CCC1c2ccsc2CCN1C(=O)c1ccc(C(F)(F)F)nc1C. The van der Waals surface area contributed by atoms with Crippen LogP contribution in [0.15, 0.2) is 23.6 Å². The third-order valence-electron chi connectivity index (χ3n) is 4.35. The monoisotopic (exact) mass is 354 g/mol. The summed E-state index contributed by atoms with van der Waals surface area (Å²) >= 11 is 1.69. The standard InChI is InChI=1S/C17H17F3N2OS/c1-3-13-12-7-9-24-14(12)6-8-22(13)16(23)11-4-5-15(17(18,19)20)21-10(11)2/h4-5,7,9,13H,3,6,8H2,1-2H3.